The number of methoxy groups -OCH3 is 1. The largest absolute Gasteiger partial charge is 0.377 e. The van der Waals surface area contributed by atoms with Crippen LogP contribution in [0.5, 0.6) is 0 Å². The summed E-state index contributed by atoms with van der Waals surface area (Å²) in [6.45, 7) is 3.78. The molecule has 1 unspecified atom stereocenters. The smallest absolute Gasteiger partial charge is 0.154 e. The highest BCUT2D eigenvalue weighted by atomic mass is 16.5. The first-order chi connectivity index (χ1) is 9.26. The molecule has 0 spiro atoms. The molecule has 4 heteroatoms. The monoisotopic (exact) mass is 261 g/mol. The first-order valence-corrected chi connectivity index (χ1v) is 7.34. The number of aromatic nitrogens is 2. The topological polar surface area (TPSA) is 47.0 Å². The van der Waals surface area contributed by atoms with Crippen molar-refractivity contribution in [1.82, 2.24) is 15.3 Å². The molecule has 104 valence electrons. The fourth-order valence-electron chi connectivity index (χ4n) is 2.91. The number of hydrogen-bond acceptors (Lipinski definition) is 4. The first-order valence-electron chi connectivity index (χ1n) is 7.34. The summed E-state index contributed by atoms with van der Waals surface area (Å²) in [5.41, 5.74) is 3.78. The highest BCUT2D eigenvalue weighted by Crippen LogP contribution is 2.27. The summed E-state index contributed by atoms with van der Waals surface area (Å²) in [5.74, 6) is 1.58. The number of hydrogen-bond donors (Lipinski definition) is 1. The van der Waals surface area contributed by atoms with E-state index >= 15 is 0 Å². The van der Waals surface area contributed by atoms with Gasteiger partial charge in [0.2, 0.25) is 0 Å². The minimum absolute atomic E-state index is 0.515. The molecule has 1 saturated carbocycles. The molecule has 1 heterocycles. The lowest BCUT2D eigenvalue weighted by molar-refractivity contribution is 0.177. The summed E-state index contributed by atoms with van der Waals surface area (Å²) in [6, 6.07) is 0.808. The molecule has 1 atom stereocenters. The van der Waals surface area contributed by atoms with Gasteiger partial charge < -0.3 is 10.1 Å². The summed E-state index contributed by atoms with van der Waals surface area (Å²) < 4.78 is 5.13. The Balaban J connectivity index is 1.69. The van der Waals surface area contributed by atoms with Gasteiger partial charge >= 0.3 is 0 Å². The maximum atomic E-state index is 5.13. The van der Waals surface area contributed by atoms with Gasteiger partial charge in [-0.15, -0.1) is 0 Å². The second-order valence-electron chi connectivity index (χ2n) is 5.87. The Labute approximate surface area is 115 Å². The van der Waals surface area contributed by atoms with Crippen molar-refractivity contribution in [2.45, 2.75) is 51.7 Å². The van der Waals surface area contributed by atoms with E-state index in [2.05, 4.69) is 22.2 Å². The van der Waals surface area contributed by atoms with Gasteiger partial charge in [0.15, 0.2) is 5.82 Å². The van der Waals surface area contributed by atoms with Crippen molar-refractivity contribution in [3.8, 4) is 0 Å². The van der Waals surface area contributed by atoms with Crippen molar-refractivity contribution >= 4 is 0 Å². The Morgan fingerprint density at radius 2 is 2.11 bits per heavy atom. The molecule has 19 heavy (non-hydrogen) atoms. The molecule has 0 amide bonds. The lowest BCUT2D eigenvalue weighted by Gasteiger charge is -2.25. The van der Waals surface area contributed by atoms with Gasteiger partial charge in [-0.05, 0) is 57.1 Å². The summed E-state index contributed by atoms with van der Waals surface area (Å²) >= 11 is 0. The average molecular weight is 261 g/mol. The number of nitrogens with zero attached hydrogens (tertiary/aromatic N) is 2. The van der Waals surface area contributed by atoms with Crippen molar-refractivity contribution in [3.63, 3.8) is 0 Å². The van der Waals surface area contributed by atoms with Gasteiger partial charge in [-0.25, -0.2) is 9.97 Å². The van der Waals surface area contributed by atoms with E-state index in [1.54, 1.807) is 7.11 Å². The van der Waals surface area contributed by atoms with E-state index in [1.807, 2.05) is 0 Å². The third-order valence-electron chi connectivity index (χ3n) is 4.17. The second-order valence-corrected chi connectivity index (χ2v) is 5.87. The summed E-state index contributed by atoms with van der Waals surface area (Å²) in [5, 5.41) is 3.65. The van der Waals surface area contributed by atoms with Gasteiger partial charge in [-0.3, -0.25) is 0 Å². The van der Waals surface area contributed by atoms with Crippen LogP contribution in [0.4, 0.5) is 0 Å². The van der Waals surface area contributed by atoms with Gasteiger partial charge in [-0.2, -0.15) is 0 Å². The molecule has 0 aromatic carbocycles. The zero-order valence-corrected chi connectivity index (χ0v) is 11.9. The van der Waals surface area contributed by atoms with Crippen LogP contribution in [0.3, 0.4) is 0 Å². The van der Waals surface area contributed by atoms with Crippen molar-refractivity contribution in [1.29, 1.82) is 0 Å². The number of nitrogens with one attached hydrogen (secondary N) is 1. The van der Waals surface area contributed by atoms with E-state index in [1.165, 1.54) is 30.5 Å². The molecule has 2 aliphatic carbocycles. The van der Waals surface area contributed by atoms with Crippen LogP contribution in [0.15, 0.2) is 0 Å². The van der Waals surface area contributed by atoms with E-state index < -0.39 is 0 Å². The highest BCUT2D eigenvalue weighted by molar-refractivity contribution is 5.28. The maximum absolute atomic E-state index is 5.13. The second kappa shape index (κ2) is 5.55. The van der Waals surface area contributed by atoms with Crippen LogP contribution in [0, 0.1) is 12.8 Å². The van der Waals surface area contributed by atoms with Crippen molar-refractivity contribution < 1.29 is 4.74 Å². The molecular formula is C15H23N3O. The molecular weight excluding hydrogens is 238 g/mol. The van der Waals surface area contributed by atoms with Gasteiger partial charge in [0.05, 0.1) is 0 Å². The molecule has 0 bridgehead atoms. The predicted molar refractivity (Wildman–Crippen MR) is 74.0 cm³/mol. The molecule has 0 saturated heterocycles. The molecule has 2 aliphatic rings. The molecule has 1 fully saturated rings. The summed E-state index contributed by atoms with van der Waals surface area (Å²) in [7, 11) is 1.69. The molecule has 0 radical (unpaired) electrons. The van der Waals surface area contributed by atoms with Gasteiger partial charge in [-0.1, -0.05) is 0 Å². The molecule has 1 aromatic rings. The molecule has 4 nitrogen and oxygen atoms in total. The van der Waals surface area contributed by atoms with E-state index in [0.717, 1.165) is 42.9 Å². The lowest BCUT2D eigenvalue weighted by Crippen LogP contribution is -2.29. The fraction of sp³-hybridized carbons (Fsp3) is 0.733. The van der Waals surface area contributed by atoms with E-state index in [9.17, 15) is 0 Å². The number of aryl methyl sites for hydroxylation is 2. The Morgan fingerprint density at radius 3 is 2.84 bits per heavy atom. The van der Waals surface area contributed by atoms with Crippen molar-refractivity contribution in [3.05, 3.63) is 22.8 Å². The molecule has 1 N–H and O–H groups in total. The molecule has 0 aliphatic heterocycles. The van der Waals surface area contributed by atoms with E-state index in [0.29, 0.717) is 6.61 Å². The van der Waals surface area contributed by atoms with Crippen LogP contribution >= 0.6 is 0 Å². The van der Waals surface area contributed by atoms with Crippen LogP contribution in [0.25, 0.3) is 0 Å². The maximum Gasteiger partial charge on any atom is 0.154 e. The SMILES string of the molecule is COCc1nc(C)c2c(n1)CCC(CNC1CC1)C2. The van der Waals surface area contributed by atoms with Crippen LogP contribution in [0.1, 0.15) is 42.0 Å². The Bertz CT molecular complexity index is 457. The summed E-state index contributed by atoms with van der Waals surface area (Å²) in [6.07, 6.45) is 6.20. The van der Waals surface area contributed by atoms with Gasteiger partial charge in [0.1, 0.15) is 6.61 Å². The Morgan fingerprint density at radius 1 is 1.26 bits per heavy atom. The first kappa shape index (κ1) is 13.0. The van der Waals surface area contributed by atoms with Crippen LogP contribution in [-0.2, 0) is 24.2 Å². The Kier molecular flexibility index (Phi) is 3.80. The van der Waals surface area contributed by atoms with Crippen LogP contribution in [-0.4, -0.2) is 29.7 Å². The number of fused-ring (bicyclic) bond motifs is 1. The number of ether oxygens (including phenoxy) is 1. The molecule has 1 aromatic heterocycles. The van der Waals surface area contributed by atoms with Crippen LogP contribution < -0.4 is 5.32 Å². The third-order valence-corrected chi connectivity index (χ3v) is 4.17. The lowest BCUT2D eigenvalue weighted by atomic mass is 9.85. The minimum Gasteiger partial charge on any atom is -0.377 e. The zero-order chi connectivity index (χ0) is 13.2. The predicted octanol–water partition coefficient (Wildman–Crippen LogP) is 1.79. The average Bonchev–Trinajstić information content (AvgIpc) is 3.21. The summed E-state index contributed by atoms with van der Waals surface area (Å²) in [4.78, 5) is 9.21. The van der Waals surface area contributed by atoms with Crippen molar-refractivity contribution in [2.75, 3.05) is 13.7 Å². The standard InChI is InChI=1S/C15H23N3O/c1-10-13-7-11(8-16-12-4-5-12)3-6-14(13)18-15(17-10)9-19-2/h11-12,16H,3-9H2,1-2H3. The fourth-order valence-corrected chi connectivity index (χ4v) is 2.91. The van der Waals surface area contributed by atoms with Crippen molar-refractivity contribution in [2.24, 2.45) is 5.92 Å². The normalized spacial score (nSPS) is 22.3. The quantitative estimate of drug-likeness (QED) is 0.878. The minimum atomic E-state index is 0.515. The molecule has 3 rings (SSSR count). The number of rotatable bonds is 5. The van der Waals surface area contributed by atoms with Crippen LogP contribution in [0.2, 0.25) is 0 Å². The zero-order valence-electron chi connectivity index (χ0n) is 11.9. The van der Waals surface area contributed by atoms with Gasteiger partial charge in [0, 0.05) is 24.5 Å². The van der Waals surface area contributed by atoms with E-state index in [-0.39, 0.29) is 0 Å². The van der Waals surface area contributed by atoms with Gasteiger partial charge in [0.25, 0.3) is 0 Å². The Hall–Kier alpha value is -1.00. The third kappa shape index (κ3) is 3.12. The van der Waals surface area contributed by atoms with E-state index in [4.69, 9.17) is 4.74 Å². The highest BCUT2D eigenvalue weighted by Gasteiger charge is 2.25.